The van der Waals surface area contributed by atoms with Crippen LogP contribution in [0, 0.1) is 0 Å². The predicted molar refractivity (Wildman–Crippen MR) is 80.8 cm³/mol. The van der Waals surface area contributed by atoms with Crippen molar-refractivity contribution >= 4 is 34.3 Å². The molecule has 25 heavy (non-hydrogen) atoms. The molecular weight excluding hydrogens is 372 g/mol. The zero-order valence-electron chi connectivity index (χ0n) is 12.1. The van der Waals surface area contributed by atoms with Crippen LogP contribution < -0.4 is 5.32 Å². The smallest absolute Gasteiger partial charge is 0.326 e. The van der Waals surface area contributed by atoms with Crippen LogP contribution in [0.5, 0.6) is 0 Å². The number of alkyl halides is 6. The summed E-state index contributed by atoms with van der Waals surface area (Å²) >= 11 is 5.73. The number of halogens is 7. The van der Waals surface area contributed by atoms with E-state index < -0.39 is 29.0 Å². The molecule has 0 unspecified atom stereocenters. The lowest BCUT2D eigenvalue weighted by Gasteiger charge is -2.11. The number of aromatic nitrogens is 2. The van der Waals surface area contributed by atoms with Gasteiger partial charge in [0.15, 0.2) is 0 Å². The van der Waals surface area contributed by atoms with Crippen LogP contribution in [-0.2, 0) is 12.4 Å². The van der Waals surface area contributed by atoms with E-state index in [9.17, 15) is 26.3 Å². The first-order valence-corrected chi connectivity index (χ1v) is 7.12. The van der Waals surface area contributed by atoms with Gasteiger partial charge in [-0.15, -0.1) is 0 Å². The average Bonchev–Trinajstić information content (AvgIpc) is 2.88. The molecule has 132 valence electrons. The summed E-state index contributed by atoms with van der Waals surface area (Å²) in [6, 6.07) is 6.80. The summed E-state index contributed by atoms with van der Waals surface area (Å²) in [6.07, 6.45) is -9.89. The Labute approximate surface area is 141 Å². The lowest BCUT2D eigenvalue weighted by molar-refractivity contribution is -0.142. The first-order valence-electron chi connectivity index (χ1n) is 6.75. The quantitative estimate of drug-likeness (QED) is 0.536. The number of imidazole rings is 1. The van der Waals surface area contributed by atoms with Crippen molar-refractivity contribution in [2.24, 2.45) is 0 Å². The van der Waals surface area contributed by atoms with Gasteiger partial charge < -0.3 is 10.3 Å². The molecule has 2 aromatic carbocycles. The van der Waals surface area contributed by atoms with Gasteiger partial charge in [0.25, 0.3) is 0 Å². The summed E-state index contributed by atoms with van der Waals surface area (Å²) in [5.41, 5.74) is -3.39. The Morgan fingerprint density at radius 3 is 2.12 bits per heavy atom. The Balaban J connectivity index is 2.10. The molecule has 0 aliphatic rings. The normalized spacial score (nSPS) is 12.6. The van der Waals surface area contributed by atoms with Crippen molar-refractivity contribution in [1.82, 2.24) is 9.97 Å². The maximum atomic E-state index is 13.1. The Morgan fingerprint density at radius 2 is 1.56 bits per heavy atom. The molecule has 0 radical (unpaired) electrons. The number of nitrogens with zero attached hydrogens (tertiary/aromatic N) is 1. The van der Waals surface area contributed by atoms with E-state index in [1.807, 2.05) is 0 Å². The summed E-state index contributed by atoms with van der Waals surface area (Å²) in [5.74, 6) is -0.123. The summed E-state index contributed by atoms with van der Waals surface area (Å²) < 4.78 is 77.9. The standard InChI is InChI=1S/C15H8ClF6N3/c16-8-1-3-9(4-2-8)23-13-24-11-6-7(14(17,18)19)5-10(12(11)25-13)15(20,21)22/h1-6H,(H2,23,24,25). The second-order valence-corrected chi connectivity index (χ2v) is 5.57. The van der Waals surface area contributed by atoms with Crippen LogP contribution in [0.4, 0.5) is 38.0 Å². The highest BCUT2D eigenvalue weighted by Crippen LogP contribution is 2.39. The van der Waals surface area contributed by atoms with Gasteiger partial charge in [0, 0.05) is 10.7 Å². The van der Waals surface area contributed by atoms with Gasteiger partial charge in [0.05, 0.1) is 16.6 Å². The minimum Gasteiger partial charge on any atom is -0.326 e. The zero-order chi connectivity index (χ0) is 18.4. The zero-order valence-corrected chi connectivity index (χ0v) is 12.8. The van der Waals surface area contributed by atoms with Crippen molar-refractivity contribution < 1.29 is 26.3 Å². The number of hydrogen-bond acceptors (Lipinski definition) is 2. The molecule has 2 N–H and O–H groups in total. The summed E-state index contributed by atoms with van der Waals surface area (Å²) in [7, 11) is 0. The molecular formula is C15H8ClF6N3. The van der Waals surface area contributed by atoms with E-state index in [2.05, 4.69) is 15.3 Å². The molecule has 0 saturated carbocycles. The Kier molecular flexibility index (Phi) is 4.06. The fourth-order valence-electron chi connectivity index (χ4n) is 2.23. The van der Waals surface area contributed by atoms with Crippen LogP contribution in [0.25, 0.3) is 11.0 Å². The van der Waals surface area contributed by atoms with Crippen molar-refractivity contribution in [2.45, 2.75) is 12.4 Å². The molecule has 0 aliphatic heterocycles. The Morgan fingerprint density at radius 1 is 0.920 bits per heavy atom. The largest absolute Gasteiger partial charge is 0.418 e. The van der Waals surface area contributed by atoms with Gasteiger partial charge in [-0.05, 0) is 36.4 Å². The van der Waals surface area contributed by atoms with Crippen molar-refractivity contribution in [1.29, 1.82) is 0 Å². The first kappa shape index (κ1) is 17.4. The third kappa shape index (κ3) is 3.65. The molecule has 1 heterocycles. The average molecular weight is 380 g/mol. The molecule has 10 heteroatoms. The van der Waals surface area contributed by atoms with E-state index in [4.69, 9.17) is 11.6 Å². The van der Waals surface area contributed by atoms with Crippen molar-refractivity contribution in [3.63, 3.8) is 0 Å². The number of nitrogens with one attached hydrogen (secondary N) is 2. The van der Waals surface area contributed by atoms with Gasteiger partial charge in [-0.1, -0.05) is 11.6 Å². The topological polar surface area (TPSA) is 40.7 Å². The fraction of sp³-hybridized carbons (Fsp3) is 0.133. The number of anilines is 2. The van der Waals surface area contributed by atoms with E-state index in [-0.39, 0.29) is 17.5 Å². The highest BCUT2D eigenvalue weighted by molar-refractivity contribution is 6.30. The summed E-state index contributed by atoms with van der Waals surface area (Å²) in [5, 5.41) is 3.13. The van der Waals surface area contributed by atoms with Crippen molar-refractivity contribution in [3.8, 4) is 0 Å². The molecule has 0 atom stereocenters. The third-order valence-corrected chi connectivity index (χ3v) is 3.58. The van der Waals surface area contributed by atoms with Crippen molar-refractivity contribution in [2.75, 3.05) is 5.32 Å². The lowest BCUT2D eigenvalue weighted by Crippen LogP contribution is -2.11. The third-order valence-electron chi connectivity index (χ3n) is 3.33. The van der Waals surface area contributed by atoms with Crippen LogP contribution in [0.2, 0.25) is 5.02 Å². The monoisotopic (exact) mass is 379 g/mol. The number of benzene rings is 2. The van der Waals surface area contributed by atoms with E-state index in [0.717, 1.165) is 0 Å². The second kappa shape index (κ2) is 5.83. The highest BCUT2D eigenvalue weighted by atomic mass is 35.5. The second-order valence-electron chi connectivity index (χ2n) is 5.13. The molecule has 3 nitrogen and oxygen atoms in total. The predicted octanol–water partition coefficient (Wildman–Crippen LogP) is 6.00. The maximum Gasteiger partial charge on any atom is 0.418 e. The molecule has 0 spiro atoms. The van der Waals surface area contributed by atoms with Gasteiger partial charge in [0.1, 0.15) is 5.52 Å². The van der Waals surface area contributed by atoms with Gasteiger partial charge >= 0.3 is 12.4 Å². The van der Waals surface area contributed by atoms with E-state index >= 15 is 0 Å². The molecule has 3 aromatic rings. The molecule has 3 rings (SSSR count). The molecule has 1 aromatic heterocycles. The van der Waals surface area contributed by atoms with Crippen LogP contribution in [-0.4, -0.2) is 9.97 Å². The van der Waals surface area contributed by atoms with Crippen LogP contribution in [0.15, 0.2) is 36.4 Å². The van der Waals surface area contributed by atoms with Gasteiger partial charge in [-0.2, -0.15) is 26.3 Å². The number of rotatable bonds is 2. The Bertz CT molecular complexity index is 912. The molecule has 0 saturated heterocycles. The molecule has 0 fully saturated rings. The van der Waals surface area contributed by atoms with Gasteiger partial charge in [0.2, 0.25) is 5.95 Å². The van der Waals surface area contributed by atoms with E-state index in [1.54, 1.807) is 12.1 Å². The molecule has 0 bridgehead atoms. The van der Waals surface area contributed by atoms with Crippen molar-refractivity contribution in [3.05, 3.63) is 52.5 Å². The van der Waals surface area contributed by atoms with E-state index in [0.29, 0.717) is 16.8 Å². The number of aromatic amines is 1. The van der Waals surface area contributed by atoms with Gasteiger partial charge in [-0.3, -0.25) is 0 Å². The molecule has 0 aliphatic carbocycles. The van der Waals surface area contributed by atoms with Crippen LogP contribution >= 0.6 is 11.6 Å². The Hall–Kier alpha value is -2.42. The summed E-state index contributed by atoms with van der Waals surface area (Å²) in [6.45, 7) is 0. The first-order chi connectivity index (χ1) is 11.5. The number of H-pyrrole nitrogens is 1. The minimum absolute atomic E-state index is 0.0508. The van der Waals surface area contributed by atoms with E-state index in [1.165, 1.54) is 12.1 Å². The fourth-order valence-corrected chi connectivity index (χ4v) is 2.35. The van der Waals surface area contributed by atoms with Gasteiger partial charge in [-0.25, -0.2) is 4.98 Å². The maximum absolute atomic E-state index is 13.1. The lowest BCUT2D eigenvalue weighted by atomic mass is 10.1. The highest BCUT2D eigenvalue weighted by Gasteiger charge is 2.39. The van der Waals surface area contributed by atoms with Crippen LogP contribution in [0.1, 0.15) is 11.1 Å². The summed E-state index contributed by atoms with van der Waals surface area (Å²) in [4.78, 5) is 6.16. The van der Waals surface area contributed by atoms with Crippen LogP contribution in [0.3, 0.4) is 0 Å². The number of fused-ring (bicyclic) bond motifs is 1. The molecule has 0 amide bonds. The minimum atomic E-state index is -4.98. The number of hydrogen-bond donors (Lipinski definition) is 2. The SMILES string of the molecule is FC(F)(F)c1cc(C(F)(F)F)c2nc(Nc3ccc(Cl)cc3)[nH]c2c1.